The van der Waals surface area contributed by atoms with Gasteiger partial charge < -0.3 is 30.1 Å². The Labute approximate surface area is 263 Å². The summed E-state index contributed by atoms with van der Waals surface area (Å²) in [5, 5.41) is 20.5. The number of carbonyl (C=O) groups excluding carboxylic acids is 3. The van der Waals surface area contributed by atoms with Crippen molar-refractivity contribution in [1.82, 2.24) is 16.0 Å². The number of benzene rings is 1. The maximum Gasteiger partial charge on any atom is 0.360 e. The van der Waals surface area contributed by atoms with Gasteiger partial charge in [0.15, 0.2) is 5.85 Å². The van der Waals surface area contributed by atoms with Crippen LogP contribution in [0.25, 0.3) is 0 Å². The third-order valence-electron chi connectivity index (χ3n) is 8.93. The summed E-state index contributed by atoms with van der Waals surface area (Å²) >= 11 is 0. The summed E-state index contributed by atoms with van der Waals surface area (Å²) in [4.78, 5) is 41.1. The van der Waals surface area contributed by atoms with Crippen LogP contribution in [0, 0.1) is 17.3 Å². The first-order valence-electron chi connectivity index (χ1n) is 16.5. The van der Waals surface area contributed by atoms with E-state index in [-0.39, 0.29) is 37.4 Å². The fourth-order valence-electron chi connectivity index (χ4n) is 6.45. The van der Waals surface area contributed by atoms with E-state index in [4.69, 9.17) is 9.05 Å². The van der Waals surface area contributed by atoms with Gasteiger partial charge in [0.25, 0.3) is 0 Å². The highest BCUT2D eigenvalue weighted by atomic mass is 31.2. The molecule has 2 aliphatic heterocycles. The molecule has 2 unspecified atom stereocenters. The molecule has 4 N–H and O–H groups in total. The van der Waals surface area contributed by atoms with Crippen LogP contribution in [0.1, 0.15) is 97.5 Å². The number of aliphatic hydroxyl groups excluding tert-OH is 1. The summed E-state index contributed by atoms with van der Waals surface area (Å²) in [6, 6.07) is 7.93. The van der Waals surface area contributed by atoms with Crippen LogP contribution in [0.15, 0.2) is 30.3 Å². The first kappa shape index (κ1) is 36.2. The van der Waals surface area contributed by atoms with Crippen molar-refractivity contribution in [3.05, 3.63) is 35.9 Å². The zero-order valence-corrected chi connectivity index (χ0v) is 27.9. The van der Waals surface area contributed by atoms with Crippen LogP contribution in [0.2, 0.25) is 0 Å². The van der Waals surface area contributed by atoms with Gasteiger partial charge in [-0.15, -0.1) is 0 Å². The molecule has 2 heterocycles. The highest BCUT2D eigenvalue weighted by Gasteiger charge is 2.49. The minimum atomic E-state index is -4.07. The highest BCUT2D eigenvalue weighted by Crippen LogP contribution is 2.54. The van der Waals surface area contributed by atoms with Gasteiger partial charge in [0, 0.05) is 12.5 Å². The van der Waals surface area contributed by atoms with E-state index in [9.17, 15) is 24.1 Å². The Balaban J connectivity index is 1.99. The van der Waals surface area contributed by atoms with Crippen LogP contribution < -0.4 is 16.0 Å². The lowest BCUT2D eigenvalue weighted by Crippen LogP contribution is -2.55. The number of hydrogen-bond donors (Lipinski definition) is 4. The number of hydrogen-bond acceptors (Lipinski definition) is 7. The zero-order valence-electron chi connectivity index (χ0n) is 27.0. The Kier molecular flexibility index (Phi) is 14.4. The van der Waals surface area contributed by atoms with Gasteiger partial charge in [-0.25, -0.2) is 0 Å². The molecule has 3 amide bonds. The van der Waals surface area contributed by atoms with Gasteiger partial charge in [0.1, 0.15) is 6.04 Å². The van der Waals surface area contributed by atoms with E-state index in [1.54, 1.807) is 13.8 Å². The lowest BCUT2D eigenvalue weighted by atomic mass is 9.75. The van der Waals surface area contributed by atoms with Gasteiger partial charge in [0.2, 0.25) is 17.7 Å². The standard InChI is InChI=1S/C33H54N3O7P/c1-5-42-44(41,43-6-2)31(39)28-23-33(20-21-34-32(33)40)19-13-8-7-12-16-26(22-25-14-10-9-11-15-25)29(37)35-27(30(38)36-28)18-17-24(3)4/h9-11,14-15,24,26-28,31,39H,5-8,12-13,16-23H2,1-4H3,(H,34,40)(H,35,37)(H,36,38)/t26?,27-,28-,31-,33?/m0/s1. The van der Waals surface area contributed by atoms with E-state index in [2.05, 4.69) is 29.8 Å². The molecule has 0 aliphatic carbocycles. The second-order valence-corrected chi connectivity index (χ2v) is 14.9. The first-order chi connectivity index (χ1) is 21.0. The highest BCUT2D eigenvalue weighted by molar-refractivity contribution is 7.54. The van der Waals surface area contributed by atoms with E-state index in [1.165, 1.54) is 0 Å². The molecule has 248 valence electrons. The fourth-order valence-corrected chi connectivity index (χ4v) is 8.17. The number of aliphatic hydroxyl groups is 1. The second kappa shape index (κ2) is 17.4. The van der Waals surface area contributed by atoms with Gasteiger partial charge in [0.05, 0.1) is 24.7 Å². The van der Waals surface area contributed by atoms with Crippen LogP contribution in [0.5, 0.6) is 0 Å². The molecule has 2 fully saturated rings. The number of amides is 3. The van der Waals surface area contributed by atoms with Crippen molar-refractivity contribution in [2.75, 3.05) is 19.8 Å². The number of rotatable bonds is 11. The Morgan fingerprint density at radius 3 is 2.25 bits per heavy atom. The van der Waals surface area contributed by atoms with Crippen LogP contribution in [0.4, 0.5) is 0 Å². The quantitative estimate of drug-likeness (QED) is 0.248. The van der Waals surface area contributed by atoms with Gasteiger partial charge in [-0.2, -0.15) is 0 Å². The maximum atomic E-state index is 14.0. The molecule has 5 atom stereocenters. The predicted octanol–water partition coefficient (Wildman–Crippen LogP) is 5.09. The van der Waals surface area contributed by atoms with Gasteiger partial charge in [-0.05, 0) is 70.3 Å². The molecule has 11 heteroatoms. The summed E-state index contributed by atoms with van der Waals surface area (Å²) in [5.74, 6) is -2.49. The summed E-state index contributed by atoms with van der Waals surface area (Å²) in [5.41, 5.74) is 0.225. The van der Waals surface area contributed by atoms with Gasteiger partial charge >= 0.3 is 7.60 Å². The SMILES string of the molecule is CCOP(=O)(OCC)[C@H](O)[C@@H]1CC2(CCCCCCC(Cc3ccccc3)C(=O)N[C@@H](CCC(C)C)C(=O)N1)CCNC2=O. The number of nitrogens with one attached hydrogen (secondary N) is 3. The Morgan fingerprint density at radius 1 is 0.955 bits per heavy atom. The first-order valence-corrected chi connectivity index (χ1v) is 18.1. The van der Waals surface area contributed by atoms with E-state index < -0.39 is 36.8 Å². The van der Waals surface area contributed by atoms with Crippen molar-refractivity contribution in [2.24, 2.45) is 17.3 Å². The summed E-state index contributed by atoms with van der Waals surface area (Å²) in [6.45, 7) is 8.00. The molecule has 0 saturated carbocycles. The smallest absolute Gasteiger partial charge is 0.360 e. The normalized spacial score (nSPS) is 26.9. The van der Waals surface area contributed by atoms with E-state index in [0.29, 0.717) is 51.0 Å². The average Bonchev–Trinajstić information content (AvgIpc) is 3.34. The fraction of sp³-hybridized carbons (Fsp3) is 0.727. The Bertz CT molecular complexity index is 1110. The zero-order chi connectivity index (χ0) is 32.2. The lowest BCUT2D eigenvalue weighted by molar-refractivity contribution is -0.133. The monoisotopic (exact) mass is 635 g/mol. The van der Waals surface area contributed by atoms with Crippen molar-refractivity contribution in [3.63, 3.8) is 0 Å². The van der Waals surface area contributed by atoms with Gasteiger partial charge in [-0.1, -0.05) is 69.9 Å². The van der Waals surface area contributed by atoms with Crippen LogP contribution in [-0.2, 0) is 34.4 Å². The minimum Gasteiger partial charge on any atom is -0.379 e. The van der Waals surface area contributed by atoms with Crippen LogP contribution >= 0.6 is 7.60 Å². The molecule has 44 heavy (non-hydrogen) atoms. The molecule has 1 aromatic rings. The third kappa shape index (κ3) is 10.1. The molecule has 0 aromatic heterocycles. The molecule has 3 rings (SSSR count). The van der Waals surface area contributed by atoms with E-state index in [1.807, 2.05) is 30.3 Å². The molecule has 10 nitrogen and oxygen atoms in total. The molecule has 0 bridgehead atoms. The second-order valence-electron chi connectivity index (χ2n) is 12.8. The van der Waals surface area contributed by atoms with Crippen LogP contribution in [0.3, 0.4) is 0 Å². The molecule has 1 spiro atoms. The van der Waals surface area contributed by atoms with E-state index >= 15 is 0 Å². The summed E-state index contributed by atoms with van der Waals surface area (Å²) in [6.07, 6.45) is 7.01. The molecule has 2 aliphatic rings. The van der Waals surface area contributed by atoms with E-state index in [0.717, 1.165) is 31.2 Å². The molecule has 2 saturated heterocycles. The Hall–Kier alpha value is -2.26. The number of carbonyl (C=O) groups is 3. The predicted molar refractivity (Wildman–Crippen MR) is 171 cm³/mol. The minimum absolute atomic E-state index is 0.0382. The Morgan fingerprint density at radius 2 is 1.64 bits per heavy atom. The van der Waals surface area contributed by atoms with Crippen molar-refractivity contribution in [3.8, 4) is 0 Å². The topological polar surface area (TPSA) is 143 Å². The summed E-state index contributed by atoms with van der Waals surface area (Å²) in [7, 11) is -4.07. The van der Waals surface area contributed by atoms with Crippen molar-refractivity contribution < 1.29 is 33.1 Å². The van der Waals surface area contributed by atoms with Crippen molar-refractivity contribution >= 4 is 25.3 Å². The molecule has 0 radical (unpaired) electrons. The third-order valence-corrected chi connectivity index (χ3v) is 11.2. The largest absolute Gasteiger partial charge is 0.379 e. The van der Waals surface area contributed by atoms with Crippen LogP contribution in [-0.4, -0.2) is 60.5 Å². The van der Waals surface area contributed by atoms with Crippen molar-refractivity contribution in [2.45, 2.75) is 116 Å². The lowest BCUT2D eigenvalue weighted by Gasteiger charge is -2.36. The maximum absolute atomic E-state index is 14.0. The summed E-state index contributed by atoms with van der Waals surface area (Å²) < 4.78 is 24.7. The molecular weight excluding hydrogens is 581 g/mol. The molecular formula is C33H54N3O7P. The average molecular weight is 636 g/mol. The molecule has 1 aromatic carbocycles. The van der Waals surface area contributed by atoms with Crippen molar-refractivity contribution in [1.29, 1.82) is 0 Å². The van der Waals surface area contributed by atoms with Gasteiger partial charge in [-0.3, -0.25) is 18.9 Å².